The molecule has 0 saturated carbocycles. The third-order valence-electron chi connectivity index (χ3n) is 1.89. The van der Waals surface area contributed by atoms with Crippen LogP contribution < -0.4 is 0 Å². The van der Waals surface area contributed by atoms with E-state index >= 15 is 0 Å². The molecule has 60 valence electrons. The number of hydrogen-bond donors (Lipinski definition) is 0. The van der Waals surface area contributed by atoms with Gasteiger partial charge in [-0.15, -0.1) is 0 Å². The predicted molar refractivity (Wildman–Crippen MR) is 48.6 cm³/mol. The Morgan fingerprint density at radius 1 is 1.42 bits per heavy atom. The van der Waals surface area contributed by atoms with Gasteiger partial charge in [0, 0.05) is 30.4 Å². The van der Waals surface area contributed by atoms with Crippen molar-refractivity contribution in [1.82, 2.24) is 14.8 Å². The molecule has 0 aliphatic carbocycles. The summed E-state index contributed by atoms with van der Waals surface area (Å²) in [5, 5.41) is 5.18. The maximum Gasteiger partial charge on any atom is 0.0782 e. The average molecular weight is 159 g/mol. The minimum atomic E-state index is 1.02. The highest BCUT2D eigenvalue weighted by molar-refractivity contribution is 5.85. The Morgan fingerprint density at radius 2 is 2.25 bits per heavy atom. The molecular formula is C9H9N3. The molecular weight excluding hydrogens is 150 g/mol. The van der Waals surface area contributed by atoms with Crippen LogP contribution in [0, 0.1) is 0 Å². The topological polar surface area (TPSA) is 30.7 Å². The normalized spacial score (nSPS) is 10.4. The molecule has 0 spiro atoms. The summed E-state index contributed by atoms with van der Waals surface area (Å²) in [5.74, 6) is 0. The van der Waals surface area contributed by atoms with Crippen LogP contribution in [0.3, 0.4) is 0 Å². The minimum absolute atomic E-state index is 1.02. The summed E-state index contributed by atoms with van der Waals surface area (Å²) in [6.45, 7) is 3.72. The molecule has 2 rings (SSSR count). The van der Waals surface area contributed by atoms with Gasteiger partial charge in [0.15, 0.2) is 0 Å². The second-order valence-corrected chi connectivity index (χ2v) is 2.64. The summed E-state index contributed by atoms with van der Waals surface area (Å²) in [6, 6.07) is 0. The molecule has 0 amide bonds. The zero-order valence-electron chi connectivity index (χ0n) is 6.86. The third-order valence-corrected chi connectivity index (χ3v) is 1.89. The van der Waals surface area contributed by atoms with Crippen molar-refractivity contribution in [2.75, 3.05) is 0 Å². The lowest BCUT2D eigenvalue weighted by Gasteiger charge is -1.97. The van der Waals surface area contributed by atoms with E-state index in [1.165, 1.54) is 0 Å². The van der Waals surface area contributed by atoms with Crippen LogP contribution in [0.4, 0.5) is 0 Å². The number of aryl methyl sites for hydroxylation is 1. The van der Waals surface area contributed by atoms with Gasteiger partial charge in [0.25, 0.3) is 0 Å². The van der Waals surface area contributed by atoms with Crippen LogP contribution in [0.25, 0.3) is 17.0 Å². The summed E-state index contributed by atoms with van der Waals surface area (Å²) in [7, 11) is 1.91. The summed E-state index contributed by atoms with van der Waals surface area (Å²) in [6.07, 6.45) is 7.18. The first-order chi connectivity index (χ1) is 5.83. The molecule has 2 heterocycles. The van der Waals surface area contributed by atoms with Gasteiger partial charge in [-0.2, -0.15) is 5.10 Å². The zero-order valence-corrected chi connectivity index (χ0v) is 6.86. The Hall–Kier alpha value is -1.64. The largest absolute Gasteiger partial charge is 0.267 e. The molecule has 0 aliphatic heterocycles. The molecule has 2 aromatic heterocycles. The third kappa shape index (κ3) is 0.830. The summed E-state index contributed by atoms with van der Waals surface area (Å²) >= 11 is 0. The molecule has 12 heavy (non-hydrogen) atoms. The molecule has 0 aromatic carbocycles. The monoisotopic (exact) mass is 159 g/mol. The maximum atomic E-state index is 4.13. The van der Waals surface area contributed by atoms with Crippen LogP contribution in [0.15, 0.2) is 25.2 Å². The molecule has 3 nitrogen and oxygen atoms in total. The van der Waals surface area contributed by atoms with Gasteiger partial charge in [-0.25, -0.2) is 0 Å². The molecule has 0 aliphatic rings. The lowest BCUT2D eigenvalue weighted by Crippen LogP contribution is -1.91. The van der Waals surface area contributed by atoms with Crippen LogP contribution in [-0.2, 0) is 7.05 Å². The first-order valence-electron chi connectivity index (χ1n) is 3.71. The van der Waals surface area contributed by atoms with Crippen LogP contribution >= 0.6 is 0 Å². The van der Waals surface area contributed by atoms with Crippen molar-refractivity contribution < 1.29 is 0 Å². The number of rotatable bonds is 1. The molecule has 0 fully saturated rings. The van der Waals surface area contributed by atoms with Gasteiger partial charge < -0.3 is 0 Å². The molecule has 0 atom stereocenters. The number of nitrogens with zero attached hydrogens (tertiary/aromatic N) is 3. The molecule has 0 N–H and O–H groups in total. The SMILES string of the molecule is C=Cc1cncc2cnn(C)c12. The quantitative estimate of drug-likeness (QED) is 0.633. The van der Waals surface area contributed by atoms with Gasteiger partial charge in [0.1, 0.15) is 0 Å². The summed E-state index contributed by atoms with van der Waals surface area (Å²) in [4.78, 5) is 4.07. The van der Waals surface area contributed by atoms with E-state index in [9.17, 15) is 0 Å². The van der Waals surface area contributed by atoms with Gasteiger partial charge in [0.05, 0.1) is 11.7 Å². The zero-order chi connectivity index (χ0) is 8.55. The van der Waals surface area contributed by atoms with Crippen molar-refractivity contribution in [3.8, 4) is 0 Å². The number of fused-ring (bicyclic) bond motifs is 1. The van der Waals surface area contributed by atoms with E-state index in [0.717, 1.165) is 16.5 Å². The molecule has 2 aromatic rings. The molecule has 0 bridgehead atoms. The van der Waals surface area contributed by atoms with Crippen LogP contribution in [0.5, 0.6) is 0 Å². The highest BCUT2D eigenvalue weighted by atomic mass is 15.2. The second kappa shape index (κ2) is 2.44. The predicted octanol–water partition coefficient (Wildman–Crippen LogP) is 1.61. The first kappa shape index (κ1) is 7.03. The van der Waals surface area contributed by atoms with Crippen LogP contribution in [-0.4, -0.2) is 14.8 Å². The standard InChI is InChI=1S/C9H9N3/c1-3-7-4-10-5-8-6-11-12(2)9(7)8/h3-6H,1H2,2H3. The lowest BCUT2D eigenvalue weighted by molar-refractivity contribution is 0.796. The van der Waals surface area contributed by atoms with E-state index in [-0.39, 0.29) is 0 Å². The Kier molecular flexibility index (Phi) is 1.43. The van der Waals surface area contributed by atoms with E-state index in [1.54, 1.807) is 24.7 Å². The summed E-state index contributed by atoms with van der Waals surface area (Å²) in [5.41, 5.74) is 2.10. The number of pyridine rings is 1. The Labute approximate surface area is 70.3 Å². The van der Waals surface area contributed by atoms with E-state index in [1.807, 2.05) is 11.7 Å². The van der Waals surface area contributed by atoms with Crippen molar-refractivity contribution >= 4 is 17.0 Å². The average Bonchev–Trinajstić information content (AvgIpc) is 2.48. The Morgan fingerprint density at radius 3 is 3.00 bits per heavy atom. The van der Waals surface area contributed by atoms with Crippen molar-refractivity contribution in [1.29, 1.82) is 0 Å². The Balaban J connectivity index is 2.93. The molecule has 0 unspecified atom stereocenters. The fourth-order valence-corrected chi connectivity index (χ4v) is 1.31. The van der Waals surface area contributed by atoms with Crippen molar-refractivity contribution in [3.05, 3.63) is 30.7 Å². The van der Waals surface area contributed by atoms with E-state index in [2.05, 4.69) is 16.7 Å². The van der Waals surface area contributed by atoms with Gasteiger partial charge >= 0.3 is 0 Å². The number of hydrogen-bond acceptors (Lipinski definition) is 2. The summed E-state index contributed by atoms with van der Waals surface area (Å²) < 4.78 is 1.83. The van der Waals surface area contributed by atoms with Crippen LogP contribution in [0.2, 0.25) is 0 Å². The smallest absolute Gasteiger partial charge is 0.0782 e. The van der Waals surface area contributed by atoms with Crippen molar-refractivity contribution in [2.24, 2.45) is 7.05 Å². The highest BCUT2D eigenvalue weighted by Gasteiger charge is 2.02. The number of aromatic nitrogens is 3. The van der Waals surface area contributed by atoms with E-state index in [0.29, 0.717) is 0 Å². The molecule has 0 saturated heterocycles. The van der Waals surface area contributed by atoms with Gasteiger partial charge in [0.2, 0.25) is 0 Å². The second-order valence-electron chi connectivity index (χ2n) is 2.64. The fourth-order valence-electron chi connectivity index (χ4n) is 1.31. The van der Waals surface area contributed by atoms with Gasteiger partial charge in [-0.1, -0.05) is 12.7 Å². The van der Waals surface area contributed by atoms with E-state index < -0.39 is 0 Å². The lowest BCUT2D eigenvalue weighted by atomic mass is 10.2. The fraction of sp³-hybridized carbons (Fsp3) is 0.111. The van der Waals surface area contributed by atoms with Crippen molar-refractivity contribution in [3.63, 3.8) is 0 Å². The molecule has 0 radical (unpaired) electrons. The van der Waals surface area contributed by atoms with Gasteiger partial charge in [-0.3, -0.25) is 9.67 Å². The highest BCUT2D eigenvalue weighted by Crippen LogP contribution is 2.16. The first-order valence-corrected chi connectivity index (χ1v) is 3.71. The maximum absolute atomic E-state index is 4.13. The van der Waals surface area contributed by atoms with Gasteiger partial charge in [-0.05, 0) is 0 Å². The molecule has 3 heteroatoms. The Bertz CT molecular complexity index is 428. The van der Waals surface area contributed by atoms with E-state index in [4.69, 9.17) is 0 Å². The minimum Gasteiger partial charge on any atom is -0.267 e. The van der Waals surface area contributed by atoms with Crippen molar-refractivity contribution in [2.45, 2.75) is 0 Å². The van der Waals surface area contributed by atoms with Crippen LogP contribution in [0.1, 0.15) is 5.56 Å².